The molecule has 1 aliphatic rings. The summed E-state index contributed by atoms with van der Waals surface area (Å²) in [5.74, 6) is 0.268. The Morgan fingerprint density at radius 2 is 1.29 bits per heavy atom. The molecule has 0 saturated heterocycles. The SMILES string of the molecule is COc1ccccc1-c1cc(C)c(C)cc1CN1C(=O)c2ccccc2C1=O. The van der Waals surface area contributed by atoms with Gasteiger partial charge in [-0.05, 0) is 54.3 Å². The molecule has 0 fully saturated rings. The quantitative estimate of drug-likeness (QED) is 0.620. The lowest BCUT2D eigenvalue weighted by Crippen LogP contribution is -2.29. The number of hydrogen-bond donors (Lipinski definition) is 0. The van der Waals surface area contributed by atoms with Gasteiger partial charge in [0.25, 0.3) is 11.8 Å². The molecule has 0 radical (unpaired) electrons. The molecule has 4 nitrogen and oxygen atoms in total. The van der Waals surface area contributed by atoms with Gasteiger partial charge in [-0.2, -0.15) is 0 Å². The van der Waals surface area contributed by atoms with E-state index >= 15 is 0 Å². The standard InChI is InChI=1S/C24H21NO3/c1-15-12-17(14-25-23(26)19-9-4-5-10-20(19)24(25)27)21(13-16(15)2)18-8-6-7-11-22(18)28-3/h4-13H,14H2,1-3H3. The molecule has 2 amide bonds. The zero-order valence-corrected chi connectivity index (χ0v) is 16.2. The molecular weight excluding hydrogens is 350 g/mol. The van der Waals surface area contributed by atoms with Gasteiger partial charge in [0.2, 0.25) is 0 Å². The van der Waals surface area contributed by atoms with Gasteiger partial charge >= 0.3 is 0 Å². The summed E-state index contributed by atoms with van der Waals surface area (Å²) in [5.41, 5.74) is 6.03. The maximum atomic E-state index is 12.8. The van der Waals surface area contributed by atoms with Crippen LogP contribution in [-0.2, 0) is 6.54 Å². The van der Waals surface area contributed by atoms with E-state index in [2.05, 4.69) is 19.1 Å². The number of carbonyl (C=O) groups excluding carboxylic acids is 2. The van der Waals surface area contributed by atoms with Crippen LogP contribution >= 0.6 is 0 Å². The van der Waals surface area contributed by atoms with Crippen molar-refractivity contribution in [3.8, 4) is 16.9 Å². The molecule has 0 aromatic heterocycles. The minimum atomic E-state index is -0.246. The maximum absolute atomic E-state index is 12.8. The highest BCUT2D eigenvalue weighted by Crippen LogP contribution is 2.35. The fourth-order valence-electron chi connectivity index (χ4n) is 3.68. The van der Waals surface area contributed by atoms with E-state index in [1.165, 1.54) is 4.90 Å². The van der Waals surface area contributed by atoms with E-state index in [1.54, 1.807) is 31.4 Å². The number of fused-ring (bicyclic) bond motifs is 1. The van der Waals surface area contributed by atoms with Crippen molar-refractivity contribution in [3.05, 3.63) is 88.5 Å². The Balaban J connectivity index is 1.80. The van der Waals surface area contributed by atoms with Crippen molar-refractivity contribution in [2.24, 2.45) is 0 Å². The van der Waals surface area contributed by atoms with Crippen LogP contribution in [0.3, 0.4) is 0 Å². The Hall–Kier alpha value is -3.40. The number of rotatable bonds is 4. The Bertz CT molecular complexity index is 1070. The topological polar surface area (TPSA) is 46.6 Å². The van der Waals surface area contributed by atoms with Gasteiger partial charge in [-0.25, -0.2) is 0 Å². The van der Waals surface area contributed by atoms with Gasteiger partial charge in [0, 0.05) is 5.56 Å². The minimum Gasteiger partial charge on any atom is -0.496 e. The molecule has 28 heavy (non-hydrogen) atoms. The number of methoxy groups -OCH3 is 1. The summed E-state index contributed by atoms with van der Waals surface area (Å²) in [6.07, 6.45) is 0. The molecule has 3 aromatic rings. The lowest BCUT2D eigenvalue weighted by Gasteiger charge is -2.20. The molecule has 0 unspecified atom stereocenters. The van der Waals surface area contributed by atoms with Crippen LogP contribution in [0.4, 0.5) is 0 Å². The highest BCUT2D eigenvalue weighted by Gasteiger charge is 2.35. The Morgan fingerprint density at radius 1 is 0.750 bits per heavy atom. The van der Waals surface area contributed by atoms with E-state index in [9.17, 15) is 9.59 Å². The number of carbonyl (C=O) groups is 2. The Kier molecular flexibility index (Phi) is 4.47. The van der Waals surface area contributed by atoms with Crippen LogP contribution in [-0.4, -0.2) is 23.8 Å². The van der Waals surface area contributed by atoms with E-state index in [1.807, 2.05) is 31.2 Å². The molecular formula is C24H21NO3. The second kappa shape index (κ2) is 6.97. The zero-order chi connectivity index (χ0) is 19.8. The average molecular weight is 371 g/mol. The largest absolute Gasteiger partial charge is 0.496 e. The van der Waals surface area contributed by atoms with Crippen LogP contribution in [0, 0.1) is 13.8 Å². The molecule has 1 aliphatic heterocycles. The van der Waals surface area contributed by atoms with Crippen LogP contribution in [0.25, 0.3) is 11.1 Å². The number of ether oxygens (including phenoxy) is 1. The summed E-state index contributed by atoms with van der Waals surface area (Å²) in [5, 5.41) is 0. The van der Waals surface area contributed by atoms with E-state index < -0.39 is 0 Å². The second-order valence-corrected chi connectivity index (χ2v) is 7.04. The van der Waals surface area contributed by atoms with Gasteiger partial charge in [-0.15, -0.1) is 0 Å². The average Bonchev–Trinajstić information content (AvgIpc) is 2.95. The smallest absolute Gasteiger partial charge is 0.261 e. The summed E-state index contributed by atoms with van der Waals surface area (Å²) in [6.45, 7) is 4.31. The summed E-state index contributed by atoms with van der Waals surface area (Å²) in [6, 6.07) is 18.9. The number of para-hydroxylation sites is 1. The van der Waals surface area contributed by atoms with Crippen LogP contribution in [0.15, 0.2) is 60.7 Å². The van der Waals surface area contributed by atoms with Crippen molar-refractivity contribution in [2.75, 3.05) is 7.11 Å². The van der Waals surface area contributed by atoms with Crippen LogP contribution < -0.4 is 4.74 Å². The van der Waals surface area contributed by atoms with Gasteiger partial charge in [-0.1, -0.05) is 42.5 Å². The third-order valence-electron chi connectivity index (χ3n) is 5.32. The lowest BCUT2D eigenvalue weighted by atomic mass is 9.93. The fraction of sp³-hybridized carbons (Fsp3) is 0.167. The van der Waals surface area contributed by atoms with Gasteiger partial charge in [0.05, 0.1) is 24.8 Å². The van der Waals surface area contributed by atoms with Gasteiger partial charge in [0.15, 0.2) is 0 Å². The van der Waals surface area contributed by atoms with Crippen LogP contribution in [0.1, 0.15) is 37.4 Å². The first-order chi connectivity index (χ1) is 13.5. The Morgan fingerprint density at radius 3 is 1.89 bits per heavy atom. The lowest BCUT2D eigenvalue weighted by molar-refractivity contribution is 0.0642. The Labute approximate surface area is 164 Å². The first-order valence-electron chi connectivity index (χ1n) is 9.20. The molecule has 1 heterocycles. The molecule has 4 rings (SSSR count). The van der Waals surface area contributed by atoms with E-state index in [-0.39, 0.29) is 18.4 Å². The molecule has 0 atom stereocenters. The predicted octanol–water partition coefficient (Wildman–Crippen LogP) is 4.78. The fourth-order valence-corrected chi connectivity index (χ4v) is 3.68. The number of amides is 2. The highest BCUT2D eigenvalue weighted by atomic mass is 16.5. The number of hydrogen-bond acceptors (Lipinski definition) is 3. The van der Waals surface area contributed by atoms with Crippen LogP contribution in [0.5, 0.6) is 5.75 Å². The van der Waals surface area contributed by atoms with Crippen LogP contribution in [0.2, 0.25) is 0 Å². The zero-order valence-electron chi connectivity index (χ0n) is 16.2. The molecule has 0 aliphatic carbocycles. The maximum Gasteiger partial charge on any atom is 0.261 e. The number of aryl methyl sites for hydroxylation is 2. The summed E-state index contributed by atoms with van der Waals surface area (Å²) in [4.78, 5) is 27.0. The van der Waals surface area contributed by atoms with E-state index in [4.69, 9.17) is 4.74 Å². The van der Waals surface area contributed by atoms with Gasteiger partial charge in [-0.3, -0.25) is 14.5 Å². The third-order valence-corrected chi connectivity index (χ3v) is 5.32. The highest BCUT2D eigenvalue weighted by molar-refractivity contribution is 6.21. The van der Waals surface area contributed by atoms with Crippen molar-refractivity contribution in [3.63, 3.8) is 0 Å². The van der Waals surface area contributed by atoms with E-state index in [0.717, 1.165) is 33.6 Å². The molecule has 0 bridgehead atoms. The van der Waals surface area contributed by atoms with Crippen molar-refractivity contribution < 1.29 is 14.3 Å². The monoisotopic (exact) mass is 371 g/mol. The van der Waals surface area contributed by atoms with E-state index in [0.29, 0.717) is 11.1 Å². The minimum absolute atomic E-state index is 0.223. The molecule has 4 heteroatoms. The molecule has 0 saturated carbocycles. The van der Waals surface area contributed by atoms with Crippen molar-refractivity contribution in [2.45, 2.75) is 20.4 Å². The summed E-state index contributed by atoms with van der Waals surface area (Å²) >= 11 is 0. The first-order valence-corrected chi connectivity index (χ1v) is 9.20. The normalized spacial score (nSPS) is 13.0. The molecule has 0 spiro atoms. The van der Waals surface area contributed by atoms with Crippen molar-refractivity contribution in [1.29, 1.82) is 0 Å². The van der Waals surface area contributed by atoms with Crippen molar-refractivity contribution in [1.82, 2.24) is 4.90 Å². The molecule has 3 aromatic carbocycles. The number of imide groups is 1. The third kappa shape index (κ3) is 2.87. The second-order valence-electron chi connectivity index (χ2n) is 7.04. The van der Waals surface area contributed by atoms with Gasteiger partial charge in [0.1, 0.15) is 5.75 Å². The first kappa shape index (κ1) is 18.0. The summed E-state index contributed by atoms with van der Waals surface area (Å²) in [7, 11) is 1.64. The predicted molar refractivity (Wildman–Crippen MR) is 109 cm³/mol. The summed E-state index contributed by atoms with van der Waals surface area (Å²) < 4.78 is 5.54. The molecule has 140 valence electrons. The van der Waals surface area contributed by atoms with Gasteiger partial charge < -0.3 is 4.74 Å². The van der Waals surface area contributed by atoms with Crippen molar-refractivity contribution >= 4 is 11.8 Å². The molecule has 0 N–H and O–H groups in total. The number of benzene rings is 3. The number of nitrogens with zero attached hydrogens (tertiary/aromatic N) is 1.